The summed E-state index contributed by atoms with van der Waals surface area (Å²) in [4.78, 5) is 4.53. The van der Waals surface area contributed by atoms with E-state index in [4.69, 9.17) is 4.42 Å². The number of aromatic nitrogens is 1. The van der Waals surface area contributed by atoms with Gasteiger partial charge in [-0.05, 0) is 43.0 Å². The van der Waals surface area contributed by atoms with Crippen molar-refractivity contribution in [2.24, 2.45) is 5.92 Å². The average Bonchev–Trinajstić information content (AvgIpc) is 3.06. The Bertz CT molecular complexity index is 540. The van der Waals surface area contributed by atoms with E-state index in [1.165, 1.54) is 18.4 Å². The number of nitrogens with zero attached hydrogens (tertiary/aromatic N) is 1. The number of benzene rings is 1. The molecule has 1 fully saturated rings. The fraction of sp³-hybridized carbons (Fsp3) is 0.533. The van der Waals surface area contributed by atoms with Crippen molar-refractivity contribution in [3.8, 4) is 0 Å². The van der Waals surface area contributed by atoms with Crippen LogP contribution in [-0.2, 0) is 6.54 Å². The maximum atomic E-state index is 5.71. The smallest absolute Gasteiger partial charge is 0.198 e. The zero-order chi connectivity index (χ0) is 12.5. The van der Waals surface area contributed by atoms with Crippen LogP contribution in [0.4, 0.5) is 0 Å². The van der Waals surface area contributed by atoms with Crippen molar-refractivity contribution in [2.45, 2.75) is 39.2 Å². The van der Waals surface area contributed by atoms with Crippen molar-refractivity contribution < 1.29 is 4.42 Å². The summed E-state index contributed by atoms with van der Waals surface area (Å²) >= 11 is 0. The van der Waals surface area contributed by atoms with Crippen LogP contribution < -0.4 is 5.32 Å². The number of fused-ring (bicyclic) bond motifs is 1. The van der Waals surface area contributed by atoms with Crippen LogP contribution >= 0.6 is 0 Å². The standard InChI is InChI=1S/C15H20N2O/c1-10(2)15-17-13-7-12(5-6-14(13)18-15)9-16-8-11-3-4-11/h5-7,10-11,16H,3-4,8-9H2,1-2H3. The predicted octanol–water partition coefficient (Wildman–Crippen LogP) is 3.45. The Morgan fingerprint density at radius 3 is 2.94 bits per heavy atom. The van der Waals surface area contributed by atoms with Gasteiger partial charge in [0, 0.05) is 12.5 Å². The van der Waals surface area contributed by atoms with Gasteiger partial charge in [0.1, 0.15) is 5.52 Å². The van der Waals surface area contributed by atoms with Crippen molar-refractivity contribution in [1.29, 1.82) is 0 Å². The van der Waals surface area contributed by atoms with Gasteiger partial charge in [0.15, 0.2) is 11.5 Å². The maximum absolute atomic E-state index is 5.71. The molecule has 1 aromatic heterocycles. The molecule has 3 rings (SSSR count). The summed E-state index contributed by atoms with van der Waals surface area (Å²) in [6, 6.07) is 6.28. The van der Waals surface area contributed by atoms with Gasteiger partial charge >= 0.3 is 0 Å². The third-order valence-corrected chi connectivity index (χ3v) is 3.42. The van der Waals surface area contributed by atoms with Gasteiger partial charge in [-0.1, -0.05) is 19.9 Å². The molecule has 0 saturated heterocycles. The fourth-order valence-corrected chi connectivity index (χ4v) is 2.09. The lowest BCUT2D eigenvalue weighted by Crippen LogP contribution is -2.15. The minimum absolute atomic E-state index is 0.342. The third kappa shape index (κ3) is 2.56. The summed E-state index contributed by atoms with van der Waals surface area (Å²) in [5.41, 5.74) is 3.15. The highest BCUT2D eigenvalue weighted by atomic mass is 16.3. The van der Waals surface area contributed by atoms with Gasteiger partial charge in [0.05, 0.1) is 0 Å². The predicted molar refractivity (Wildman–Crippen MR) is 72.5 cm³/mol. The van der Waals surface area contributed by atoms with Gasteiger partial charge in [-0.15, -0.1) is 0 Å². The lowest BCUT2D eigenvalue weighted by atomic mass is 10.2. The molecule has 0 atom stereocenters. The van der Waals surface area contributed by atoms with Crippen LogP contribution in [0.15, 0.2) is 22.6 Å². The average molecular weight is 244 g/mol. The van der Waals surface area contributed by atoms with Crippen molar-refractivity contribution in [2.75, 3.05) is 6.54 Å². The Morgan fingerprint density at radius 1 is 1.39 bits per heavy atom. The Balaban J connectivity index is 1.72. The highest BCUT2D eigenvalue weighted by Gasteiger charge is 2.20. The Hall–Kier alpha value is -1.35. The van der Waals surface area contributed by atoms with Gasteiger partial charge in [0.25, 0.3) is 0 Å². The van der Waals surface area contributed by atoms with Crippen molar-refractivity contribution in [1.82, 2.24) is 10.3 Å². The summed E-state index contributed by atoms with van der Waals surface area (Å²) in [5.74, 6) is 2.09. The molecule has 1 heterocycles. The largest absolute Gasteiger partial charge is 0.440 e. The van der Waals surface area contributed by atoms with Crippen LogP contribution in [0, 0.1) is 5.92 Å². The minimum Gasteiger partial charge on any atom is -0.440 e. The normalized spacial score (nSPS) is 15.7. The van der Waals surface area contributed by atoms with E-state index in [2.05, 4.69) is 36.3 Å². The monoisotopic (exact) mass is 244 g/mol. The Kier molecular flexibility index (Phi) is 3.08. The molecule has 1 aliphatic carbocycles. The van der Waals surface area contributed by atoms with E-state index in [-0.39, 0.29) is 0 Å². The van der Waals surface area contributed by atoms with Crippen molar-refractivity contribution in [3.05, 3.63) is 29.7 Å². The lowest BCUT2D eigenvalue weighted by Gasteiger charge is -2.02. The molecule has 1 aromatic carbocycles. The zero-order valence-electron chi connectivity index (χ0n) is 11.1. The highest BCUT2D eigenvalue weighted by Crippen LogP contribution is 2.27. The van der Waals surface area contributed by atoms with E-state index in [9.17, 15) is 0 Å². The first kappa shape index (κ1) is 11.7. The fourth-order valence-electron chi connectivity index (χ4n) is 2.09. The number of oxazole rings is 1. The lowest BCUT2D eigenvalue weighted by molar-refractivity contribution is 0.501. The summed E-state index contributed by atoms with van der Waals surface area (Å²) in [7, 11) is 0. The molecule has 0 spiro atoms. The van der Waals surface area contributed by atoms with Gasteiger partial charge < -0.3 is 9.73 Å². The maximum Gasteiger partial charge on any atom is 0.198 e. The van der Waals surface area contributed by atoms with Gasteiger partial charge in [-0.3, -0.25) is 0 Å². The summed E-state index contributed by atoms with van der Waals surface area (Å²) in [6.07, 6.45) is 2.79. The molecule has 1 aliphatic rings. The molecule has 0 radical (unpaired) electrons. The molecule has 0 bridgehead atoms. The second-order valence-electron chi connectivity index (χ2n) is 5.58. The van der Waals surface area contributed by atoms with E-state index in [1.807, 2.05) is 6.07 Å². The molecule has 0 aliphatic heterocycles. The molecular weight excluding hydrogens is 224 g/mol. The number of hydrogen-bond donors (Lipinski definition) is 1. The second-order valence-corrected chi connectivity index (χ2v) is 5.58. The topological polar surface area (TPSA) is 38.1 Å². The quantitative estimate of drug-likeness (QED) is 0.875. The van der Waals surface area contributed by atoms with E-state index in [1.54, 1.807) is 0 Å². The van der Waals surface area contributed by atoms with E-state index in [0.717, 1.165) is 36.0 Å². The summed E-state index contributed by atoms with van der Waals surface area (Å²) in [5, 5.41) is 3.50. The molecule has 18 heavy (non-hydrogen) atoms. The number of rotatable bonds is 5. The van der Waals surface area contributed by atoms with E-state index < -0.39 is 0 Å². The molecule has 0 unspecified atom stereocenters. The number of hydrogen-bond acceptors (Lipinski definition) is 3. The molecule has 1 saturated carbocycles. The SMILES string of the molecule is CC(C)c1nc2cc(CNCC3CC3)ccc2o1. The summed E-state index contributed by atoms with van der Waals surface area (Å²) < 4.78 is 5.71. The first-order valence-electron chi connectivity index (χ1n) is 6.82. The summed E-state index contributed by atoms with van der Waals surface area (Å²) in [6.45, 7) is 6.27. The van der Waals surface area contributed by atoms with Gasteiger partial charge in [0.2, 0.25) is 0 Å². The molecular formula is C15H20N2O. The molecule has 3 heteroatoms. The van der Waals surface area contributed by atoms with Crippen molar-refractivity contribution in [3.63, 3.8) is 0 Å². The molecule has 2 aromatic rings. The van der Waals surface area contributed by atoms with Crippen LogP contribution in [0.2, 0.25) is 0 Å². The van der Waals surface area contributed by atoms with Crippen LogP contribution in [-0.4, -0.2) is 11.5 Å². The molecule has 3 nitrogen and oxygen atoms in total. The van der Waals surface area contributed by atoms with Crippen LogP contribution in [0.1, 0.15) is 44.1 Å². The van der Waals surface area contributed by atoms with Crippen molar-refractivity contribution >= 4 is 11.1 Å². The van der Waals surface area contributed by atoms with Gasteiger partial charge in [-0.2, -0.15) is 0 Å². The van der Waals surface area contributed by atoms with Gasteiger partial charge in [-0.25, -0.2) is 4.98 Å². The highest BCUT2D eigenvalue weighted by molar-refractivity contribution is 5.73. The third-order valence-electron chi connectivity index (χ3n) is 3.42. The van der Waals surface area contributed by atoms with Crippen LogP contribution in [0.25, 0.3) is 11.1 Å². The minimum atomic E-state index is 0.342. The first-order chi connectivity index (χ1) is 8.72. The molecule has 0 amide bonds. The first-order valence-corrected chi connectivity index (χ1v) is 6.82. The zero-order valence-corrected chi connectivity index (χ0v) is 11.1. The molecule has 1 N–H and O–H groups in total. The van der Waals surface area contributed by atoms with Crippen LogP contribution in [0.3, 0.4) is 0 Å². The molecule has 96 valence electrons. The Labute approximate surface area is 108 Å². The number of nitrogens with one attached hydrogen (secondary N) is 1. The Morgan fingerprint density at radius 2 is 2.22 bits per heavy atom. The second kappa shape index (κ2) is 4.73. The van der Waals surface area contributed by atoms with E-state index >= 15 is 0 Å². The van der Waals surface area contributed by atoms with Crippen LogP contribution in [0.5, 0.6) is 0 Å². The van der Waals surface area contributed by atoms with E-state index in [0.29, 0.717) is 5.92 Å².